The maximum Gasteiger partial charge on any atom is 0.163 e. The number of hydrogen-bond donors (Lipinski definition) is 0. The number of aromatic nitrogens is 2. The second-order valence-corrected chi connectivity index (χ2v) is 4.25. The average Bonchev–Trinajstić information content (AvgIpc) is 2.59. The highest BCUT2D eigenvalue weighted by atomic mass is 15.3. The third-order valence-corrected chi connectivity index (χ3v) is 3.08. The highest BCUT2D eigenvalue weighted by Gasteiger charge is 2.26. The smallest absolute Gasteiger partial charge is 0.163 e. The second kappa shape index (κ2) is 3.85. The Morgan fingerprint density at radius 3 is 2.40 bits per heavy atom. The van der Waals surface area contributed by atoms with Gasteiger partial charge in [-0.1, -0.05) is 13.8 Å². The molecule has 0 N–H and O–H groups in total. The summed E-state index contributed by atoms with van der Waals surface area (Å²) in [6, 6.07) is 5.56. The lowest BCUT2D eigenvalue weighted by molar-refractivity contribution is 0.494. The van der Waals surface area contributed by atoms with E-state index in [4.69, 9.17) is 5.26 Å². The molecule has 0 radical (unpaired) electrons. The highest BCUT2D eigenvalue weighted by molar-refractivity contribution is 5.40. The first-order valence-electron chi connectivity index (χ1n) is 5.19. The van der Waals surface area contributed by atoms with E-state index in [0.717, 1.165) is 18.9 Å². The molecule has 0 aliphatic carbocycles. The molecule has 2 rings (SSSR count). The summed E-state index contributed by atoms with van der Waals surface area (Å²) >= 11 is 0. The van der Waals surface area contributed by atoms with Gasteiger partial charge in [0.15, 0.2) is 11.5 Å². The van der Waals surface area contributed by atoms with Crippen molar-refractivity contribution in [2.45, 2.75) is 13.8 Å². The van der Waals surface area contributed by atoms with Crippen molar-refractivity contribution < 1.29 is 0 Å². The fraction of sp³-hybridized carbons (Fsp3) is 0.545. The molecule has 1 aliphatic heterocycles. The quantitative estimate of drug-likeness (QED) is 0.691. The van der Waals surface area contributed by atoms with Gasteiger partial charge in [0, 0.05) is 13.1 Å². The minimum atomic E-state index is 0.374. The first-order chi connectivity index (χ1) is 7.20. The summed E-state index contributed by atoms with van der Waals surface area (Å²) in [7, 11) is 0. The Labute approximate surface area is 89.5 Å². The van der Waals surface area contributed by atoms with Crippen molar-refractivity contribution in [1.82, 2.24) is 10.2 Å². The molecule has 2 heterocycles. The molecule has 1 unspecified atom stereocenters. The van der Waals surface area contributed by atoms with Gasteiger partial charge in [-0.25, -0.2) is 0 Å². The zero-order valence-corrected chi connectivity index (χ0v) is 9.01. The van der Waals surface area contributed by atoms with Gasteiger partial charge in [0.05, 0.1) is 0 Å². The van der Waals surface area contributed by atoms with Crippen molar-refractivity contribution in [1.29, 1.82) is 5.26 Å². The van der Waals surface area contributed by atoms with Gasteiger partial charge in [-0.2, -0.15) is 5.26 Å². The Morgan fingerprint density at radius 2 is 1.93 bits per heavy atom. The predicted octanol–water partition coefficient (Wildman–Crippen LogP) is 1.44. The molecule has 0 spiro atoms. The van der Waals surface area contributed by atoms with Crippen LogP contribution in [0.5, 0.6) is 0 Å². The normalized spacial score (nSPS) is 25.3. The van der Waals surface area contributed by atoms with Gasteiger partial charge in [-0.3, -0.25) is 0 Å². The molecule has 2 atom stereocenters. The van der Waals surface area contributed by atoms with E-state index in [0.29, 0.717) is 17.5 Å². The SMILES string of the molecule is CC1CN(c2ccc(C#N)nn2)C[C@H]1C. The monoisotopic (exact) mass is 202 g/mol. The first-order valence-corrected chi connectivity index (χ1v) is 5.19. The molecule has 1 fully saturated rings. The van der Waals surface area contributed by atoms with Crippen LogP contribution in [0.25, 0.3) is 0 Å². The van der Waals surface area contributed by atoms with Crippen LogP contribution < -0.4 is 4.90 Å². The molecular weight excluding hydrogens is 188 g/mol. The summed E-state index contributed by atoms with van der Waals surface area (Å²) in [5, 5.41) is 16.5. The summed E-state index contributed by atoms with van der Waals surface area (Å²) in [4.78, 5) is 2.23. The molecule has 1 saturated heterocycles. The zero-order chi connectivity index (χ0) is 10.8. The van der Waals surface area contributed by atoms with Gasteiger partial charge in [0.25, 0.3) is 0 Å². The molecule has 1 aromatic rings. The van der Waals surface area contributed by atoms with Crippen LogP contribution in [0.4, 0.5) is 5.82 Å². The van der Waals surface area contributed by atoms with E-state index >= 15 is 0 Å². The van der Waals surface area contributed by atoms with Gasteiger partial charge in [0.2, 0.25) is 0 Å². The zero-order valence-electron chi connectivity index (χ0n) is 9.01. The molecule has 4 heteroatoms. The molecule has 78 valence electrons. The fourth-order valence-electron chi connectivity index (χ4n) is 1.87. The molecule has 1 aliphatic rings. The molecule has 0 aromatic carbocycles. The highest BCUT2D eigenvalue weighted by Crippen LogP contribution is 2.25. The van der Waals surface area contributed by atoms with Crippen LogP contribution in [-0.2, 0) is 0 Å². The van der Waals surface area contributed by atoms with E-state index in [9.17, 15) is 0 Å². The maximum atomic E-state index is 8.61. The van der Waals surface area contributed by atoms with Crippen molar-refractivity contribution in [3.63, 3.8) is 0 Å². The van der Waals surface area contributed by atoms with Crippen molar-refractivity contribution >= 4 is 5.82 Å². The van der Waals surface area contributed by atoms with E-state index in [2.05, 4.69) is 28.9 Å². The van der Waals surface area contributed by atoms with Crippen LogP contribution in [0.1, 0.15) is 19.5 Å². The van der Waals surface area contributed by atoms with Crippen molar-refractivity contribution in [3.05, 3.63) is 17.8 Å². The largest absolute Gasteiger partial charge is 0.355 e. The summed E-state index contributed by atoms with van der Waals surface area (Å²) in [5.41, 5.74) is 0.374. The van der Waals surface area contributed by atoms with Crippen molar-refractivity contribution in [2.75, 3.05) is 18.0 Å². The van der Waals surface area contributed by atoms with Crippen LogP contribution >= 0.6 is 0 Å². The number of rotatable bonds is 1. The summed E-state index contributed by atoms with van der Waals surface area (Å²) in [5.74, 6) is 2.27. The summed E-state index contributed by atoms with van der Waals surface area (Å²) < 4.78 is 0. The van der Waals surface area contributed by atoms with Crippen molar-refractivity contribution in [3.8, 4) is 6.07 Å². The van der Waals surface area contributed by atoms with Gasteiger partial charge in [0.1, 0.15) is 6.07 Å². The van der Waals surface area contributed by atoms with Gasteiger partial charge >= 0.3 is 0 Å². The summed E-state index contributed by atoms with van der Waals surface area (Å²) in [6.07, 6.45) is 0. The Morgan fingerprint density at radius 1 is 1.27 bits per heavy atom. The maximum absolute atomic E-state index is 8.61. The standard InChI is InChI=1S/C11H14N4/c1-8-6-15(7-9(8)2)11-4-3-10(5-12)13-14-11/h3-4,8-9H,6-7H2,1-2H3/t8-,9?/m1/s1. The Hall–Kier alpha value is -1.63. The molecule has 0 bridgehead atoms. The summed E-state index contributed by atoms with van der Waals surface area (Å²) in [6.45, 7) is 6.56. The van der Waals surface area contributed by atoms with Crippen LogP contribution in [0.2, 0.25) is 0 Å². The van der Waals surface area contributed by atoms with E-state index in [-0.39, 0.29) is 0 Å². The third-order valence-electron chi connectivity index (χ3n) is 3.08. The Balaban J connectivity index is 2.14. The Bertz CT molecular complexity index is 369. The molecule has 4 nitrogen and oxygen atoms in total. The lowest BCUT2D eigenvalue weighted by Crippen LogP contribution is -2.21. The molecule has 0 saturated carbocycles. The molecule has 15 heavy (non-hydrogen) atoms. The fourth-order valence-corrected chi connectivity index (χ4v) is 1.87. The number of anilines is 1. The van der Waals surface area contributed by atoms with E-state index in [1.165, 1.54) is 0 Å². The lowest BCUT2D eigenvalue weighted by Gasteiger charge is -2.15. The second-order valence-electron chi connectivity index (χ2n) is 4.25. The number of nitriles is 1. The average molecular weight is 202 g/mol. The van der Waals surface area contributed by atoms with Crippen LogP contribution in [-0.4, -0.2) is 23.3 Å². The van der Waals surface area contributed by atoms with Crippen molar-refractivity contribution in [2.24, 2.45) is 11.8 Å². The number of nitrogens with zero attached hydrogens (tertiary/aromatic N) is 4. The molecular formula is C11H14N4. The van der Waals surface area contributed by atoms with E-state index in [1.807, 2.05) is 12.1 Å². The predicted molar refractivity (Wildman–Crippen MR) is 57.3 cm³/mol. The van der Waals surface area contributed by atoms with Gasteiger partial charge in [-0.15, -0.1) is 10.2 Å². The van der Waals surface area contributed by atoms with E-state index in [1.54, 1.807) is 6.07 Å². The molecule has 1 aromatic heterocycles. The first kappa shape index (κ1) is 9.91. The van der Waals surface area contributed by atoms with E-state index < -0.39 is 0 Å². The van der Waals surface area contributed by atoms with Crippen LogP contribution in [0, 0.1) is 23.2 Å². The minimum Gasteiger partial charge on any atom is -0.355 e. The molecule has 0 amide bonds. The van der Waals surface area contributed by atoms with Crippen LogP contribution in [0.3, 0.4) is 0 Å². The number of hydrogen-bond acceptors (Lipinski definition) is 4. The third kappa shape index (κ3) is 1.91. The Kier molecular flexibility index (Phi) is 2.55. The lowest BCUT2D eigenvalue weighted by atomic mass is 10.0. The van der Waals surface area contributed by atoms with Gasteiger partial charge < -0.3 is 4.90 Å². The van der Waals surface area contributed by atoms with Gasteiger partial charge in [-0.05, 0) is 24.0 Å². The van der Waals surface area contributed by atoms with Crippen LogP contribution in [0.15, 0.2) is 12.1 Å². The topological polar surface area (TPSA) is 52.8 Å². The minimum absolute atomic E-state index is 0.374.